The summed E-state index contributed by atoms with van der Waals surface area (Å²) >= 11 is 0. The van der Waals surface area contributed by atoms with Gasteiger partial charge in [0.2, 0.25) is 0 Å². The number of aliphatic carboxylic acids is 1. The molecule has 3 rings (SSSR count). The summed E-state index contributed by atoms with van der Waals surface area (Å²) in [6, 6.07) is 16.4. The molecule has 0 fully saturated rings. The third-order valence-electron chi connectivity index (χ3n) is 4.31. The Bertz CT molecular complexity index is 782. The standard InChI is InChI=1S/C21H22O3/c1-21(2,3)16-10-9-15-11-17(14-7-5-4-6-8-14)20(18(15)12-16)24-13-19(22)23/h4-12,20H,13H2,1-3H3,(H,22,23). The van der Waals surface area contributed by atoms with Gasteiger partial charge < -0.3 is 9.84 Å². The number of ether oxygens (including phenoxy) is 1. The van der Waals surface area contributed by atoms with E-state index in [0.717, 1.165) is 22.3 Å². The molecule has 0 bridgehead atoms. The smallest absolute Gasteiger partial charge is 0.329 e. The molecule has 0 radical (unpaired) electrons. The monoisotopic (exact) mass is 322 g/mol. The van der Waals surface area contributed by atoms with Crippen LogP contribution in [0.25, 0.3) is 11.6 Å². The second-order valence-electron chi connectivity index (χ2n) is 7.14. The molecule has 0 heterocycles. The second kappa shape index (κ2) is 6.25. The Hall–Kier alpha value is -2.39. The number of benzene rings is 2. The highest BCUT2D eigenvalue weighted by Crippen LogP contribution is 2.43. The van der Waals surface area contributed by atoms with Crippen LogP contribution in [0.4, 0.5) is 0 Å². The first-order chi connectivity index (χ1) is 11.4. The highest BCUT2D eigenvalue weighted by molar-refractivity contribution is 5.91. The van der Waals surface area contributed by atoms with Crippen molar-refractivity contribution in [3.05, 3.63) is 70.8 Å². The quantitative estimate of drug-likeness (QED) is 0.889. The van der Waals surface area contributed by atoms with E-state index >= 15 is 0 Å². The minimum atomic E-state index is -0.956. The van der Waals surface area contributed by atoms with Gasteiger partial charge in [-0.2, -0.15) is 0 Å². The van der Waals surface area contributed by atoms with E-state index in [1.807, 2.05) is 30.3 Å². The van der Waals surface area contributed by atoms with E-state index in [1.54, 1.807) is 0 Å². The van der Waals surface area contributed by atoms with Crippen LogP contribution in [-0.4, -0.2) is 17.7 Å². The Morgan fingerprint density at radius 1 is 1.12 bits per heavy atom. The third kappa shape index (κ3) is 3.26. The van der Waals surface area contributed by atoms with Crippen LogP contribution >= 0.6 is 0 Å². The molecule has 1 aliphatic carbocycles. The lowest BCUT2D eigenvalue weighted by atomic mass is 9.85. The van der Waals surface area contributed by atoms with Gasteiger partial charge >= 0.3 is 5.97 Å². The SMILES string of the molecule is CC(C)(C)c1ccc2c(c1)C(OCC(=O)O)C(c1ccccc1)=C2. The van der Waals surface area contributed by atoms with Gasteiger partial charge in [-0.3, -0.25) is 0 Å². The molecule has 24 heavy (non-hydrogen) atoms. The number of hydrogen-bond donors (Lipinski definition) is 1. The molecule has 1 N–H and O–H groups in total. The molecule has 2 aromatic rings. The molecular formula is C21H22O3. The molecule has 1 aliphatic rings. The lowest BCUT2D eigenvalue weighted by Gasteiger charge is -2.22. The fraction of sp³-hybridized carbons (Fsp3) is 0.286. The Balaban J connectivity index is 2.03. The summed E-state index contributed by atoms with van der Waals surface area (Å²) in [5, 5.41) is 9.02. The van der Waals surface area contributed by atoms with Crippen LogP contribution < -0.4 is 0 Å². The molecule has 124 valence electrons. The van der Waals surface area contributed by atoms with Crippen LogP contribution in [0, 0.1) is 0 Å². The summed E-state index contributed by atoms with van der Waals surface area (Å²) in [5.74, 6) is -0.956. The van der Waals surface area contributed by atoms with Gasteiger partial charge in [0.05, 0.1) is 0 Å². The van der Waals surface area contributed by atoms with Gasteiger partial charge in [0.25, 0.3) is 0 Å². The van der Waals surface area contributed by atoms with Crippen LogP contribution in [0.1, 0.15) is 49.1 Å². The van der Waals surface area contributed by atoms with Gasteiger partial charge in [0, 0.05) is 0 Å². The summed E-state index contributed by atoms with van der Waals surface area (Å²) in [7, 11) is 0. The molecule has 3 nitrogen and oxygen atoms in total. The lowest BCUT2D eigenvalue weighted by molar-refractivity contribution is -0.143. The normalized spacial score (nSPS) is 16.6. The predicted octanol–water partition coefficient (Wildman–Crippen LogP) is 4.68. The van der Waals surface area contributed by atoms with Gasteiger partial charge in [0.1, 0.15) is 12.7 Å². The summed E-state index contributed by atoms with van der Waals surface area (Å²) in [5.41, 5.74) is 5.45. The number of carbonyl (C=O) groups is 1. The van der Waals surface area contributed by atoms with E-state index in [4.69, 9.17) is 9.84 Å². The molecule has 1 unspecified atom stereocenters. The first-order valence-electron chi connectivity index (χ1n) is 8.11. The van der Waals surface area contributed by atoms with Crippen molar-refractivity contribution >= 4 is 17.6 Å². The molecule has 0 saturated carbocycles. The Morgan fingerprint density at radius 2 is 1.83 bits per heavy atom. The Morgan fingerprint density at radius 3 is 2.46 bits per heavy atom. The maximum absolute atomic E-state index is 11.0. The average Bonchev–Trinajstić information content (AvgIpc) is 2.90. The predicted molar refractivity (Wildman–Crippen MR) is 95.8 cm³/mol. The van der Waals surface area contributed by atoms with E-state index < -0.39 is 5.97 Å². The highest BCUT2D eigenvalue weighted by atomic mass is 16.5. The molecule has 1 atom stereocenters. The number of rotatable bonds is 4. The van der Waals surface area contributed by atoms with Crippen LogP contribution in [0.5, 0.6) is 0 Å². The fourth-order valence-electron chi connectivity index (χ4n) is 3.01. The zero-order valence-corrected chi connectivity index (χ0v) is 14.2. The first-order valence-corrected chi connectivity index (χ1v) is 8.11. The van der Waals surface area contributed by atoms with E-state index in [2.05, 4.69) is 45.0 Å². The summed E-state index contributed by atoms with van der Waals surface area (Å²) in [6.07, 6.45) is 1.75. The molecule has 3 heteroatoms. The summed E-state index contributed by atoms with van der Waals surface area (Å²) in [6.45, 7) is 6.20. The van der Waals surface area contributed by atoms with Crippen LogP contribution in [0.2, 0.25) is 0 Å². The number of fused-ring (bicyclic) bond motifs is 1. The second-order valence-corrected chi connectivity index (χ2v) is 7.14. The van der Waals surface area contributed by atoms with Crippen molar-refractivity contribution in [3.8, 4) is 0 Å². The van der Waals surface area contributed by atoms with Crippen LogP contribution in [-0.2, 0) is 14.9 Å². The maximum atomic E-state index is 11.0. The van der Waals surface area contributed by atoms with Crippen LogP contribution in [0.15, 0.2) is 48.5 Å². The van der Waals surface area contributed by atoms with Crippen molar-refractivity contribution in [2.24, 2.45) is 0 Å². The van der Waals surface area contributed by atoms with Crippen molar-refractivity contribution in [2.75, 3.05) is 6.61 Å². The molecule has 0 amide bonds. The molecule has 0 spiro atoms. The first kappa shape index (κ1) is 16.5. The zero-order chi connectivity index (χ0) is 17.3. The van der Waals surface area contributed by atoms with E-state index in [9.17, 15) is 4.79 Å². The van der Waals surface area contributed by atoms with Crippen molar-refractivity contribution in [2.45, 2.75) is 32.3 Å². The van der Waals surface area contributed by atoms with Crippen LogP contribution in [0.3, 0.4) is 0 Å². The van der Waals surface area contributed by atoms with Gasteiger partial charge in [0.15, 0.2) is 0 Å². The van der Waals surface area contributed by atoms with Gasteiger partial charge in [-0.05, 0) is 39.3 Å². The highest BCUT2D eigenvalue weighted by Gasteiger charge is 2.29. The van der Waals surface area contributed by atoms with E-state index in [1.165, 1.54) is 5.56 Å². The van der Waals surface area contributed by atoms with E-state index in [-0.39, 0.29) is 18.1 Å². The molecule has 0 saturated heterocycles. The van der Waals surface area contributed by atoms with Gasteiger partial charge in [-0.1, -0.05) is 69.3 Å². The van der Waals surface area contributed by atoms with Gasteiger partial charge in [-0.15, -0.1) is 0 Å². The minimum absolute atomic E-state index is 0.0296. The molecule has 0 aromatic heterocycles. The number of carboxylic acid groups (broad SMARTS) is 1. The van der Waals surface area contributed by atoms with Crippen molar-refractivity contribution < 1.29 is 14.6 Å². The largest absolute Gasteiger partial charge is 0.480 e. The average molecular weight is 322 g/mol. The Labute approximate surface area is 142 Å². The minimum Gasteiger partial charge on any atom is -0.480 e. The Kier molecular flexibility index (Phi) is 4.29. The number of hydrogen-bond acceptors (Lipinski definition) is 2. The lowest BCUT2D eigenvalue weighted by Crippen LogP contribution is -2.14. The van der Waals surface area contributed by atoms with Crippen molar-refractivity contribution in [1.29, 1.82) is 0 Å². The molecule has 0 aliphatic heterocycles. The fourth-order valence-corrected chi connectivity index (χ4v) is 3.01. The zero-order valence-electron chi connectivity index (χ0n) is 14.2. The third-order valence-corrected chi connectivity index (χ3v) is 4.31. The maximum Gasteiger partial charge on any atom is 0.329 e. The van der Waals surface area contributed by atoms with E-state index in [0.29, 0.717) is 0 Å². The number of carboxylic acids is 1. The van der Waals surface area contributed by atoms with Gasteiger partial charge in [-0.25, -0.2) is 4.79 Å². The molecular weight excluding hydrogens is 300 g/mol. The van der Waals surface area contributed by atoms with Crippen molar-refractivity contribution in [1.82, 2.24) is 0 Å². The van der Waals surface area contributed by atoms with Crippen molar-refractivity contribution in [3.63, 3.8) is 0 Å². The summed E-state index contributed by atoms with van der Waals surface area (Å²) in [4.78, 5) is 11.0. The molecule has 2 aromatic carbocycles. The topological polar surface area (TPSA) is 46.5 Å². The summed E-state index contributed by atoms with van der Waals surface area (Å²) < 4.78 is 5.76.